The van der Waals surface area contributed by atoms with Crippen LogP contribution >= 0.6 is 11.3 Å². The number of thiazole rings is 1. The largest absolute Gasteiger partial charge is 0.348 e. The molecule has 0 saturated carbocycles. The lowest BCUT2D eigenvalue weighted by atomic mass is 10.1. The second kappa shape index (κ2) is 6.36. The monoisotopic (exact) mass is 345 g/mol. The molecule has 126 valence electrons. The zero-order valence-corrected chi connectivity index (χ0v) is 15.0. The molecule has 0 fully saturated rings. The van der Waals surface area contributed by atoms with Crippen molar-refractivity contribution in [3.63, 3.8) is 0 Å². The van der Waals surface area contributed by atoms with Crippen molar-refractivity contribution in [3.8, 4) is 0 Å². The highest BCUT2D eigenvalue weighted by molar-refractivity contribution is 7.09. The van der Waals surface area contributed by atoms with Crippen LogP contribution in [0.25, 0.3) is 10.9 Å². The third-order valence-corrected chi connectivity index (χ3v) is 5.26. The number of nitrogens with zero attached hydrogens (tertiary/aromatic N) is 2. The van der Waals surface area contributed by atoms with Crippen LogP contribution in [0.2, 0.25) is 0 Å². The summed E-state index contributed by atoms with van der Waals surface area (Å²) < 4.78 is 13.9. The minimum Gasteiger partial charge on any atom is -0.348 e. The minimum absolute atomic E-state index is 0.165. The molecule has 24 heavy (non-hydrogen) atoms. The molecule has 0 bridgehead atoms. The van der Waals surface area contributed by atoms with Crippen molar-refractivity contribution in [1.29, 1.82) is 0 Å². The maximum Gasteiger partial charge on any atom is 0.270 e. The average Bonchev–Trinajstić information content (AvgIpc) is 3.13. The summed E-state index contributed by atoms with van der Waals surface area (Å²) in [6.45, 7) is 6.46. The van der Waals surface area contributed by atoms with E-state index in [-0.39, 0.29) is 11.7 Å². The van der Waals surface area contributed by atoms with Gasteiger partial charge >= 0.3 is 0 Å². The van der Waals surface area contributed by atoms with E-state index in [4.69, 9.17) is 0 Å². The number of aromatic amines is 1. The Morgan fingerprint density at radius 1 is 1.42 bits per heavy atom. The van der Waals surface area contributed by atoms with Crippen LogP contribution in [-0.2, 0) is 6.54 Å². The van der Waals surface area contributed by atoms with E-state index < -0.39 is 0 Å². The summed E-state index contributed by atoms with van der Waals surface area (Å²) in [4.78, 5) is 21.8. The van der Waals surface area contributed by atoms with Crippen molar-refractivity contribution in [3.05, 3.63) is 51.4 Å². The number of para-hydroxylation sites is 1. The Morgan fingerprint density at radius 2 is 2.17 bits per heavy atom. The molecular weight excluding hydrogens is 325 g/mol. The van der Waals surface area contributed by atoms with Gasteiger partial charge in [-0.25, -0.2) is 9.37 Å². The predicted molar refractivity (Wildman–Crippen MR) is 95.0 cm³/mol. The van der Waals surface area contributed by atoms with Crippen LogP contribution in [0.5, 0.6) is 0 Å². The van der Waals surface area contributed by atoms with Crippen molar-refractivity contribution in [1.82, 2.24) is 14.9 Å². The van der Waals surface area contributed by atoms with Crippen LogP contribution in [0.15, 0.2) is 23.6 Å². The summed E-state index contributed by atoms with van der Waals surface area (Å²) in [6.07, 6.45) is 0. The fourth-order valence-electron chi connectivity index (χ4n) is 2.70. The van der Waals surface area contributed by atoms with Crippen LogP contribution in [0.3, 0.4) is 0 Å². The fourth-order valence-corrected chi connectivity index (χ4v) is 3.52. The van der Waals surface area contributed by atoms with Gasteiger partial charge in [-0.3, -0.25) is 4.79 Å². The molecule has 0 unspecified atom stereocenters. The summed E-state index contributed by atoms with van der Waals surface area (Å²) in [5.74, 6) is -0.135. The average molecular weight is 345 g/mol. The van der Waals surface area contributed by atoms with E-state index in [1.54, 1.807) is 29.4 Å². The second-order valence-corrected chi connectivity index (χ2v) is 7.17. The van der Waals surface area contributed by atoms with Gasteiger partial charge in [0.05, 0.1) is 22.8 Å². The van der Waals surface area contributed by atoms with Gasteiger partial charge in [-0.1, -0.05) is 26.0 Å². The number of hydrogen-bond acceptors (Lipinski definition) is 3. The second-order valence-electron chi connectivity index (χ2n) is 6.28. The molecule has 0 radical (unpaired) electrons. The number of halogens is 1. The molecule has 3 aromatic rings. The summed E-state index contributed by atoms with van der Waals surface area (Å²) in [7, 11) is 1.73. The Labute approximate surface area is 144 Å². The number of hydrogen-bond donors (Lipinski definition) is 1. The van der Waals surface area contributed by atoms with Gasteiger partial charge < -0.3 is 9.88 Å². The van der Waals surface area contributed by atoms with Crippen molar-refractivity contribution < 1.29 is 9.18 Å². The SMILES string of the molecule is Cc1c(C(=O)N(C)Cc2csc(C(C)C)n2)[nH]c2c(F)cccc12. The highest BCUT2D eigenvalue weighted by atomic mass is 32.1. The normalized spacial score (nSPS) is 11.4. The lowest BCUT2D eigenvalue weighted by Crippen LogP contribution is -2.27. The maximum absolute atomic E-state index is 13.9. The summed E-state index contributed by atoms with van der Waals surface area (Å²) in [5, 5.41) is 3.79. The van der Waals surface area contributed by atoms with E-state index in [9.17, 15) is 9.18 Å². The Hall–Kier alpha value is -2.21. The van der Waals surface area contributed by atoms with Gasteiger partial charge in [-0.2, -0.15) is 0 Å². The third kappa shape index (κ3) is 2.94. The number of carbonyl (C=O) groups excluding carboxylic acids is 1. The summed E-state index contributed by atoms with van der Waals surface area (Å²) in [6, 6.07) is 4.86. The molecule has 1 aromatic carbocycles. The summed E-state index contributed by atoms with van der Waals surface area (Å²) in [5.41, 5.74) is 2.45. The quantitative estimate of drug-likeness (QED) is 0.758. The number of aryl methyl sites for hydroxylation is 1. The molecular formula is C18H20FN3OS. The molecule has 3 rings (SSSR count). The molecule has 1 amide bonds. The molecule has 1 N–H and O–H groups in total. The number of carbonyl (C=O) groups is 1. The zero-order chi connectivity index (χ0) is 17.4. The first-order valence-corrected chi connectivity index (χ1v) is 8.73. The molecule has 2 heterocycles. The molecule has 0 aliphatic carbocycles. The smallest absolute Gasteiger partial charge is 0.270 e. The van der Waals surface area contributed by atoms with Crippen LogP contribution < -0.4 is 0 Å². The maximum atomic E-state index is 13.9. The van der Waals surface area contributed by atoms with Gasteiger partial charge in [-0.15, -0.1) is 11.3 Å². The van der Waals surface area contributed by atoms with E-state index >= 15 is 0 Å². The Kier molecular flexibility index (Phi) is 4.41. The first kappa shape index (κ1) is 16.6. The van der Waals surface area contributed by atoms with Gasteiger partial charge in [0.1, 0.15) is 11.5 Å². The van der Waals surface area contributed by atoms with Crippen molar-refractivity contribution in [2.24, 2.45) is 0 Å². The first-order valence-electron chi connectivity index (χ1n) is 7.85. The Morgan fingerprint density at radius 3 is 2.79 bits per heavy atom. The lowest BCUT2D eigenvalue weighted by molar-refractivity contribution is 0.0778. The number of H-pyrrole nitrogens is 1. The summed E-state index contributed by atoms with van der Waals surface area (Å²) >= 11 is 1.61. The standard InChI is InChI=1S/C18H20FN3OS/c1-10(2)17-20-12(9-24-17)8-22(4)18(23)15-11(3)13-6-5-7-14(19)16(13)21-15/h5-7,9-10,21H,8H2,1-4H3. The predicted octanol–water partition coefficient (Wildman–Crippen LogP) is 4.47. The molecule has 2 aromatic heterocycles. The number of nitrogens with one attached hydrogen (secondary N) is 1. The van der Waals surface area contributed by atoms with Crippen LogP contribution in [0, 0.1) is 12.7 Å². The Balaban J connectivity index is 1.85. The van der Waals surface area contributed by atoms with Gasteiger partial charge in [0.25, 0.3) is 5.91 Å². The van der Waals surface area contributed by atoms with Gasteiger partial charge in [0.15, 0.2) is 0 Å². The van der Waals surface area contributed by atoms with E-state index in [0.29, 0.717) is 23.7 Å². The van der Waals surface area contributed by atoms with Crippen molar-refractivity contribution in [2.75, 3.05) is 7.05 Å². The molecule has 0 aliphatic rings. The van der Waals surface area contributed by atoms with E-state index in [0.717, 1.165) is 21.7 Å². The topological polar surface area (TPSA) is 49.0 Å². The van der Waals surface area contributed by atoms with Crippen LogP contribution in [0.1, 0.15) is 46.5 Å². The molecule has 6 heteroatoms. The minimum atomic E-state index is -0.349. The third-order valence-electron chi connectivity index (χ3n) is 4.07. The molecule has 0 saturated heterocycles. The number of amides is 1. The number of fused-ring (bicyclic) bond motifs is 1. The van der Waals surface area contributed by atoms with Crippen LogP contribution in [-0.4, -0.2) is 27.8 Å². The number of aromatic nitrogens is 2. The highest BCUT2D eigenvalue weighted by Gasteiger charge is 2.20. The zero-order valence-electron chi connectivity index (χ0n) is 14.2. The van der Waals surface area contributed by atoms with Crippen molar-refractivity contribution >= 4 is 28.1 Å². The van der Waals surface area contributed by atoms with E-state index in [2.05, 4.69) is 23.8 Å². The molecule has 4 nitrogen and oxygen atoms in total. The number of benzene rings is 1. The fraction of sp³-hybridized carbons (Fsp3) is 0.333. The Bertz CT molecular complexity index is 897. The van der Waals surface area contributed by atoms with Crippen molar-refractivity contribution in [2.45, 2.75) is 33.2 Å². The lowest BCUT2D eigenvalue weighted by Gasteiger charge is -2.15. The van der Waals surface area contributed by atoms with E-state index in [1.165, 1.54) is 6.07 Å². The van der Waals surface area contributed by atoms with Crippen LogP contribution in [0.4, 0.5) is 4.39 Å². The molecule has 0 spiro atoms. The highest BCUT2D eigenvalue weighted by Crippen LogP contribution is 2.25. The van der Waals surface area contributed by atoms with Gasteiger partial charge in [0.2, 0.25) is 0 Å². The van der Waals surface area contributed by atoms with Gasteiger partial charge in [0, 0.05) is 23.7 Å². The molecule has 0 atom stereocenters. The molecule has 0 aliphatic heterocycles. The number of rotatable bonds is 4. The first-order chi connectivity index (χ1) is 11.4. The van der Waals surface area contributed by atoms with Gasteiger partial charge in [-0.05, 0) is 18.6 Å². The van der Waals surface area contributed by atoms with E-state index in [1.807, 2.05) is 18.4 Å².